The van der Waals surface area contributed by atoms with Crippen LogP contribution in [-0.4, -0.2) is 43.4 Å². The minimum Gasteiger partial charge on any atom is -0.335 e. The largest absolute Gasteiger partial charge is 0.335 e. The highest BCUT2D eigenvalue weighted by Crippen LogP contribution is 2.29. The summed E-state index contributed by atoms with van der Waals surface area (Å²) >= 11 is 0. The van der Waals surface area contributed by atoms with Crippen LogP contribution in [0.2, 0.25) is 0 Å². The molecule has 3 heterocycles. The second kappa shape index (κ2) is 7.61. The number of hydrogen-bond donors (Lipinski definition) is 1. The molecule has 5 rings (SSSR count). The third-order valence-corrected chi connectivity index (χ3v) is 6.01. The molecule has 6 nitrogen and oxygen atoms in total. The molecule has 4 aromatic rings. The van der Waals surface area contributed by atoms with Crippen LogP contribution in [0.1, 0.15) is 23.7 Å². The lowest BCUT2D eigenvalue weighted by molar-refractivity contribution is 0.0736. The topological polar surface area (TPSA) is 66.8 Å². The first-order valence-electron chi connectivity index (χ1n) is 10.2. The lowest BCUT2D eigenvalue weighted by Crippen LogP contribution is -2.35. The number of aromatic amines is 1. The predicted molar refractivity (Wildman–Crippen MR) is 112 cm³/mol. The zero-order chi connectivity index (χ0) is 21.5. The molecule has 0 spiro atoms. The molecule has 0 saturated carbocycles. The van der Waals surface area contributed by atoms with E-state index in [0.717, 1.165) is 34.5 Å². The van der Waals surface area contributed by atoms with Crippen LogP contribution in [-0.2, 0) is 6.54 Å². The Hall–Kier alpha value is -3.55. The van der Waals surface area contributed by atoms with Crippen LogP contribution >= 0.6 is 0 Å². The molecule has 1 saturated heterocycles. The first kappa shape index (κ1) is 19.4. The van der Waals surface area contributed by atoms with Crippen LogP contribution < -0.4 is 0 Å². The Balaban J connectivity index is 1.34. The number of carbonyl (C=O) groups excluding carboxylic acids is 1. The fraction of sp³-hybridized carbons (Fsp3) is 0.261. The van der Waals surface area contributed by atoms with E-state index in [9.17, 15) is 13.6 Å². The molecule has 2 aromatic carbocycles. The average molecular weight is 421 g/mol. The van der Waals surface area contributed by atoms with Crippen molar-refractivity contribution in [2.45, 2.75) is 25.9 Å². The Labute approximate surface area is 177 Å². The van der Waals surface area contributed by atoms with Gasteiger partial charge in [0.05, 0.1) is 23.5 Å². The second-order valence-electron chi connectivity index (χ2n) is 8.10. The molecule has 0 bridgehead atoms. The van der Waals surface area contributed by atoms with E-state index in [1.54, 1.807) is 11.1 Å². The number of halogens is 2. The summed E-state index contributed by atoms with van der Waals surface area (Å²) in [5.41, 5.74) is 2.87. The van der Waals surface area contributed by atoms with Gasteiger partial charge in [0.1, 0.15) is 0 Å². The van der Waals surface area contributed by atoms with Gasteiger partial charge in [-0.3, -0.25) is 14.6 Å². The van der Waals surface area contributed by atoms with Gasteiger partial charge in [0.2, 0.25) is 0 Å². The maximum atomic E-state index is 14.1. The van der Waals surface area contributed by atoms with Crippen molar-refractivity contribution >= 4 is 16.8 Å². The average Bonchev–Trinajstić information content (AvgIpc) is 3.50. The Bertz CT molecular complexity index is 1250. The van der Waals surface area contributed by atoms with Gasteiger partial charge in [-0.05, 0) is 49.1 Å². The van der Waals surface area contributed by atoms with Gasteiger partial charge in [0, 0.05) is 36.3 Å². The van der Waals surface area contributed by atoms with Gasteiger partial charge in [-0.25, -0.2) is 8.78 Å². The summed E-state index contributed by atoms with van der Waals surface area (Å²) in [7, 11) is 0. The van der Waals surface area contributed by atoms with Gasteiger partial charge in [0.25, 0.3) is 5.91 Å². The summed E-state index contributed by atoms with van der Waals surface area (Å²) in [6.07, 6.45) is 6.23. The van der Waals surface area contributed by atoms with Crippen LogP contribution in [0.5, 0.6) is 0 Å². The van der Waals surface area contributed by atoms with Crippen molar-refractivity contribution < 1.29 is 13.6 Å². The van der Waals surface area contributed by atoms with Crippen LogP contribution in [0.3, 0.4) is 0 Å². The molecule has 1 amide bonds. The summed E-state index contributed by atoms with van der Waals surface area (Å²) in [6.45, 7) is 3.06. The monoisotopic (exact) mass is 421 g/mol. The molecule has 0 unspecified atom stereocenters. The van der Waals surface area contributed by atoms with Gasteiger partial charge >= 0.3 is 0 Å². The molecule has 0 aliphatic carbocycles. The maximum absolute atomic E-state index is 14.1. The van der Waals surface area contributed by atoms with E-state index in [0.29, 0.717) is 13.1 Å². The molecule has 158 valence electrons. The second-order valence-corrected chi connectivity index (χ2v) is 8.10. The normalized spacial score (nSPS) is 18.7. The van der Waals surface area contributed by atoms with Gasteiger partial charge in [-0.1, -0.05) is 12.1 Å². The first-order valence-corrected chi connectivity index (χ1v) is 10.2. The summed E-state index contributed by atoms with van der Waals surface area (Å²) < 4.78 is 29.6. The van der Waals surface area contributed by atoms with Crippen molar-refractivity contribution in [1.82, 2.24) is 24.9 Å². The molecule has 0 radical (unpaired) electrons. The Morgan fingerprint density at radius 3 is 2.87 bits per heavy atom. The number of rotatable bonds is 4. The van der Waals surface area contributed by atoms with Crippen LogP contribution in [0, 0.1) is 17.6 Å². The minimum atomic E-state index is -1.09. The maximum Gasteiger partial charge on any atom is 0.257 e. The number of hydrogen-bond acceptors (Lipinski definition) is 3. The van der Waals surface area contributed by atoms with Gasteiger partial charge < -0.3 is 4.90 Å². The Morgan fingerprint density at radius 1 is 1.19 bits per heavy atom. The van der Waals surface area contributed by atoms with Gasteiger partial charge in [-0.2, -0.15) is 10.2 Å². The van der Waals surface area contributed by atoms with Crippen molar-refractivity contribution in [3.05, 3.63) is 72.2 Å². The molecule has 1 N–H and O–H groups in total. The fourth-order valence-electron chi connectivity index (χ4n) is 4.45. The molecule has 8 heteroatoms. The van der Waals surface area contributed by atoms with Crippen molar-refractivity contribution in [2.24, 2.45) is 5.92 Å². The van der Waals surface area contributed by atoms with Crippen molar-refractivity contribution in [3.63, 3.8) is 0 Å². The molecular formula is C23H21F2N5O. The van der Waals surface area contributed by atoms with Crippen LogP contribution in [0.15, 0.2) is 55.0 Å². The minimum absolute atomic E-state index is 0.0605. The van der Waals surface area contributed by atoms with Crippen molar-refractivity contribution in [3.8, 4) is 11.1 Å². The highest BCUT2D eigenvalue weighted by Gasteiger charge is 2.34. The molecule has 31 heavy (non-hydrogen) atoms. The summed E-state index contributed by atoms with van der Waals surface area (Å²) in [5.74, 6) is -2.39. The number of fused-ring (bicyclic) bond motifs is 1. The van der Waals surface area contributed by atoms with E-state index in [1.165, 1.54) is 12.1 Å². The number of aromatic nitrogens is 4. The number of amides is 1. The Kier molecular flexibility index (Phi) is 4.77. The summed E-state index contributed by atoms with van der Waals surface area (Å²) in [6, 6.07) is 9.79. The smallest absolute Gasteiger partial charge is 0.257 e. The lowest BCUT2D eigenvalue weighted by atomic mass is 10.1. The molecule has 1 aliphatic rings. The van der Waals surface area contributed by atoms with Crippen molar-refractivity contribution in [2.75, 3.05) is 6.54 Å². The molecule has 1 aliphatic heterocycles. The summed E-state index contributed by atoms with van der Waals surface area (Å²) in [5, 5.41) is 12.4. The van der Waals surface area contributed by atoms with E-state index < -0.39 is 17.5 Å². The summed E-state index contributed by atoms with van der Waals surface area (Å²) in [4.78, 5) is 14.5. The molecule has 1 fully saturated rings. The highest BCUT2D eigenvalue weighted by molar-refractivity contribution is 5.95. The third kappa shape index (κ3) is 3.48. The Morgan fingerprint density at radius 2 is 2.06 bits per heavy atom. The first-order chi connectivity index (χ1) is 15.0. The van der Waals surface area contributed by atoms with Gasteiger partial charge in [0.15, 0.2) is 11.6 Å². The molecule has 2 aromatic heterocycles. The fourth-order valence-corrected chi connectivity index (χ4v) is 4.45. The molecular weight excluding hydrogens is 400 g/mol. The zero-order valence-electron chi connectivity index (χ0n) is 16.9. The van der Waals surface area contributed by atoms with E-state index in [4.69, 9.17) is 0 Å². The van der Waals surface area contributed by atoms with Crippen LogP contribution in [0.25, 0.3) is 22.0 Å². The standard InChI is InChI=1S/C23H21F2N5O/c1-14-7-15(12-29(14)23(31)19-3-2-4-20(24)22(19)25)13-30-21-6-5-16(8-17(21)11-28-30)18-9-26-27-10-18/h2-6,8-11,14-15H,7,12-13H2,1H3,(H,26,27)/t14-,15-/m0/s1. The lowest BCUT2D eigenvalue weighted by Gasteiger charge is -2.22. The number of carbonyl (C=O) groups is 1. The number of nitrogens with zero attached hydrogens (tertiary/aromatic N) is 4. The third-order valence-electron chi connectivity index (χ3n) is 6.01. The van der Waals surface area contributed by atoms with E-state index in [2.05, 4.69) is 21.4 Å². The quantitative estimate of drug-likeness (QED) is 0.536. The number of nitrogens with one attached hydrogen (secondary N) is 1. The predicted octanol–water partition coefficient (Wildman–Crippen LogP) is 4.26. The van der Waals surface area contributed by atoms with E-state index in [-0.39, 0.29) is 17.5 Å². The number of benzene rings is 2. The van der Waals surface area contributed by atoms with Crippen LogP contribution in [0.4, 0.5) is 8.78 Å². The van der Waals surface area contributed by atoms with E-state index >= 15 is 0 Å². The zero-order valence-corrected chi connectivity index (χ0v) is 16.9. The highest BCUT2D eigenvalue weighted by atomic mass is 19.2. The SMILES string of the molecule is C[C@H]1C[C@H](Cn2ncc3cc(-c4cn[nH]c4)ccc32)CN1C(=O)c1cccc(F)c1F. The van der Waals surface area contributed by atoms with Gasteiger partial charge in [-0.15, -0.1) is 0 Å². The van der Waals surface area contributed by atoms with E-state index in [1.807, 2.05) is 36.1 Å². The number of H-pyrrole nitrogens is 1. The number of likely N-dealkylation sites (tertiary alicyclic amines) is 1. The molecule has 2 atom stereocenters. The van der Waals surface area contributed by atoms with Crippen molar-refractivity contribution in [1.29, 1.82) is 0 Å².